The van der Waals surface area contributed by atoms with Crippen LogP contribution in [0.5, 0.6) is 0 Å². The summed E-state index contributed by atoms with van der Waals surface area (Å²) in [6, 6.07) is 2.57. The van der Waals surface area contributed by atoms with E-state index in [1.165, 1.54) is 6.07 Å². The molecule has 9 heteroatoms. The van der Waals surface area contributed by atoms with Crippen LogP contribution >= 0.6 is 0 Å². The quantitative estimate of drug-likeness (QED) is 0.554. The zero-order chi connectivity index (χ0) is 15.6. The minimum atomic E-state index is -4.16. The predicted octanol–water partition coefficient (Wildman–Crippen LogP) is -0.476. The number of carboxylic acids is 1. The van der Waals surface area contributed by atoms with Crippen LogP contribution in [0.3, 0.4) is 0 Å². The molecule has 0 spiro atoms. The van der Waals surface area contributed by atoms with E-state index in [2.05, 4.69) is 10.0 Å². The Bertz CT molecular complexity index is 686. The molecule has 0 radical (unpaired) electrons. The monoisotopic (exact) mass is 313 g/mol. The molecule has 0 saturated carbocycles. The van der Waals surface area contributed by atoms with Gasteiger partial charge in [-0.05, 0) is 31.0 Å². The van der Waals surface area contributed by atoms with Crippen molar-refractivity contribution in [3.8, 4) is 0 Å². The van der Waals surface area contributed by atoms with E-state index in [9.17, 15) is 18.0 Å². The van der Waals surface area contributed by atoms with Gasteiger partial charge < -0.3 is 16.2 Å². The molecule has 0 aromatic heterocycles. The summed E-state index contributed by atoms with van der Waals surface area (Å²) in [5.41, 5.74) is 5.24. The van der Waals surface area contributed by atoms with Crippen LogP contribution in [0, 0.1) is 0 Å². The van der Waals surface area contributed by atoms with E-state index in [1.807, 2.05) is 0 Å². The van der Waals surface area contributed by atoms with E-state index in [0.717, 1.165) is 12.1 Å². The van der Waals surface area contributed by atoms with Crippen LogP contribution in [0.4, 0.5) is 5.69 Å². The van der Waals surface area contributed by atoms with Gasteiger partial charge >= 0.3 is 5.97 Å². The highest BCUT2D eigenvalue weighted by Crippen LogP contribution is 2.20. The number of piperidine rings is 1. The van der Waals surface area contributed by atoms with Crippen LogP contribution in [0.15, 0.2) is 23.1 Å². The fourth-order valence-corrected chi connectivity index (χ4v) is 3.54. The largest absolute Gasteiger partial charge is 0.478 e. The Kier molecular flexibility index (Phi) is 4.14. The number of nitrogens with one attached hydrogen (secondary N) is 2. The maximum Gasteiger partial charge on any atom is 0.337 e. The molecule has 114 valence electrons. The predicted molar refractivity (Wildman–Crippen MR) is 74.2 cm³/mol. The van der Waals surface area contributed by atoms with Gasteiger partial charge in [0.25, 0.3) is 0 Å². The molecule has 1 aromatic rings. The number of anilines is 1. The molecule has 1 fully saturated rings. The van der Waals surface area contributed by atoms with Gasteiger partial charge in [0.1, 0.15) is 6.04 Å². The second-order valence-electron chi connectivity index (χ2n) is 4.67. The maximum absolute atomic E-state index is 12.3. The lowest BCUT2D eigenvalue weighted by molar-refractivity contribution is -0.124. The van der Waals surface area contributed by atoms with Crippen LogP contribution in [-0.2, 0) is 14.8 Å². The Hall–Kier alpha value is -2.13. The van der Waals surface area contributed by atoms with Gasteiger partial charge in [-0.1, -0.05) is 0 Å². The molecule has 0 bridgehead atoms. The van der Waals surface area contributed by atoms with E-state index in [0.29, 0.717) is 19.4 Å². The average Bonchev–Trinajstić information content (AvgIpc) is 2.41. The molecule has 0 aliphatic carbocycles. The Morgan fingerprint density at radius 3 is 2.76 bits per heavy atom. The van der Waals surface area contributed by atoms with Crippen molar-refractivity contribution in [2.45, 2.75) is 23.8 Å². The Morgan fingerprint density at radius 2 is 2.14 bits per heavy atom. The number of aromatic carboxylic acids is 1. The van der Waals surface area contributed by atoms with Gasteiger partial charge in [0.15, 0.2) is 0 Å². The summed E-state index contributed by atoms with van der Waals surface area (Å²) in [4.78, 5) is 22.3. The number of nitrogens with two attached hydrogens (primary N) is 1. The summed E-state index contributed by atoms with van der Waals surface area (Å²) in [5, 5.41) is 11.6. The molecule has 1 aromatic carbocycles. The fraction of sp³-hybridized carbons (Fsp3) is 0.333. The number of nitrogen functional groups attached to an aromatic ring is 1. The number of carboxylic acid groups (broad SMARTS) is 1. The number of carbonyl (C=O) groups is 2. The number of carbonyl (C=O) groups excluding carboxylic acids is 1. The third-order valence-electron chi connectivity index (χ3n) is 3.11. The van der Waals surface area contributed by atoms with Crippen molar-refractivity contribution in [2.24, 2.45) is 0 Å². The van der Waals surface area contributed by atoms with E-state index in [4.69, 9.17) is 10.8 Å². The van der Waals surface area contributed by atoms with Crippen LogP contribution in [0.25, 0.3) is 0 Å². The van der Waals surface area contributed by atoms with Crippen LogP contribution in [0.1, 0.15) is 23.2 Å². The second kappa shape index (κ2) is 5.70. The second-order valence-corrected chi connectivity index (χ2v) is 6.35. The number of rotatable bonds is 4. The van der Waals surface area contributed by atoms with Crippen molar-refractivity contribution in [1.82, 2.24) is 10.0 Å². The Labute approximate surface area is 121 Å². The molecule has 8 nitrogen and oxygen atoms in total. The highest BCUT2D eigenvalue weighted by molar-refractivity contribution is 7.89. The first-order valence-corrected chi connectivity index (χ1v) is 7.72. The van der Waals surface area contributed by atoms with Crippen LogP contribution in [0.2, 0.25) is 0 Å². The number of amides is 1. The van der Waals surface area contributed by atoms with Gasteiger partial charge in [-0.2, -0.15) is 4.72 Å². The summed E-state index contributed by atoms with van der Waals surface area (Å²) < 4.78 is 26.9. The van der Waals surface area contributed by atoms with Crippen molar-refractivity contribution in [1.29, 1.82) is 0 Å². The minimum Gasteiger partial charge on any atom is -0.478 e. The molecule has 1 atom stereocenters. The van der Waals surface area contributed by atoms with Gasteiger partial charge in [-0.15, -0.1) is 0 Å². The lowest BCUT2D eigenvalue weighted by Crippen LogP contribution is -2.50. The molecular formula is C12H15N3O5S. The third kappa shape index (κ3) is 3.31. The molecule has 21 heavy (non-hydrogen) atoms. The molecule has 1 aliphatic heterocycles. The maximum atomic E-state index is 12.3. The molecule has 1 heterocycles. The lowest BCUT2D eigenvalue weighted by atomic mass is 10.1. The number of sulfonamides is 1. The Balaban J connectivity index is 2.37. The summed E-state index contributed by atoms with van der Waals surface area (Å²) in [6.07, 6.45) is 0.997. The average molecular weight is 313 g/mol. The topological polar surface area (TPSA) is 139 Å². The summed E-state index contributed by atoms with van der Waals surface area (Å²) >= 11 is 0. The van der Waals surface area contributed by atoms with Crippen molar-refractivity contribution < 1.29 is 23.1 Å². The third-order valence-corrected chi connectivity index (χ3v) is 4.62. The van der Waals surface area contributed by atoms with Crippen molar-refractivity contribution in [3.05, 3.63) is 23.8 Å². The lowest BCUT2D eigenvalue weighted by Gasteiger charge is -2.23. The highest BCUT2D eigenvalue weighted by atomic mass is 32.2. The van der Waals surface area contributed by atoms with E-state index >= 15 is 0 Å². The van der Waals surface area contributed by atoms with Crippen LogP contribution in [-0.4, -0.2) is 38.0 Å². The standard InChI is InChI=1S/C12H15N3O5S/c13-7-3-4-8(12(17)18)10(6-7)21(19,20)15-9-2-1-5-14-11(9)16/h3-4,6,9,15H,1-2,5,13H2,(H,14,16)(H,17,18). The zero-order valence-corrected chi connectivity index (χ0v) is 11.8. The van der Waals surface area contributed by atoms with E-state index in [-0.39, 0.29) is 5.69 Å². The molecule has 5 N–H and O–H groups in total. The molecule has 1 unspecified atom stereocenters. The van der Waals surface area contributed by atoms with Crippen LogP contribution < -0.4 is 15.8 Å². The molecule has 1 saturated heterocycles. The first-order valence-electron chi connectivity index (χ1n) is 6.24. The van der Waals surface area contributed by atoms with Gasteiger partial charge in [0, 0.05) is 12.2 Å². The van der Waals surface area contributed by atoms with Crippen molar-refractivity contribution >= 4 is 27.6 Å². The van der Waals surface area contributed by atoms with Gasteiger partial charge in [0.2, 0.25) is 15.9 Å². The SMILES string of the molecule is Nc1ccc(C(=O)O)c(S(=O)(=O)NC2CCCNC2=O)c1. The number of benzene rings is 1. The first kappa shape index (κ1) is 15.3. The number of hydrogen-bond donors (Lipinski definition) is 4. The molecule has 1 aliphatic rings. The van der Waals surface area contributed by atoms with E-state index in [1.54, 1.807) is 0 Å². The van der Waals surface area contributed by atoms with Gasteiger partial charge in [-0.25, -0.2) is 13.2 Å². The normalized spacial score (nSPS) is 19.0. The van der Waals surface area contributed by atoms with Crippen molar-refractivity contribution in [2.75, 3.05) is 12.3 Å². The zero-order valence-electron chi connectivity index (χ0n) is 11.0. The first-order chi connectivity index (χ1) is 9.81. The van der Waals surface area contributed by atoms with Gasteiger partial charge in [0.05, 0.1) is 10.5 Å². The smallest absolute Gasteiger partial charge is 0.337 e. The molecule has 2 rings (SSSR count). The fourth-order valence-electron chi connectivity index (χ4n) is 2.07. The molecular weight excluding hydrogens is 298 g/mol. The molecule has 1 amide bonds. The summed E-state index contributed by atoms with van der Waals surface area (Å²) in [5.74, 6) is -1.81. The minimum absolute atomic E-state index is 0.119. The number of hydrogen-bond acceptors (Lipinski definition) is 5. The van der Waals surface area contributed by atoms with Crippen molar-refractivity contribution in [3.63, 3.8) is 0 Å². The van der Waals surface area contributed by atoms with Gasteiger partial charge in [-0.3, -0.25) is 4.79 Å². The highest BCUT2D eigenvalue weighted by Gasteiger charge is 2.30. The summed E-state index contributed by atoms with van der Waals surface area (Å²) in [6.45, 7) is 0.496. The summed E-state index contributed by atoms with van der Waals surface area (Å²) in [7, 11) is -4.16. The van der Waals surface area contributed by atoms with E-state index < -0.39 is 38.4 Å². The Morgan fingerprint density at radius 1 is 1.43 bits per heavy atom.